The van der Waals surface area contributed by atoms with Gasteiger partial charge in [0.25, 0.3) is 0 Å². The molecule has 0 bridgehead atoms. The Morgan fingerprint density at radius 1 is 1.06 bits per heavy atom. The van der Waals surface area contributed by atoms with E-state index in [0.717, 1.165) is 32.1 Å². The summed E-state index contributed by atoms with van der Waals surface area (Å²) in [6.07, 6.45) is 5.15. The molecular weight excluding hydrogens is 610 g/mol. The van der Waals surface area contributed by atoms with Crippen LogP contribution in [0.1, 0.15) is 46.0 Å². The first-order valence-electron chi connectivity index (χ1n) is 11.2. The van der Waals surface area contributed by atoms with Gasteiger partial charge in [-0.3, -0.25) is 9.63 Å². The van der Waals surface area contributed by atoms with Crippen LogP contribution >= 0.6 is 40.8 Å². The Kier molecular flexibility index (Phi) is 13.0. The molecule has 0 fully saturated rings. The van der Waals surface area contributed by atoms with Gasteiger partial charge in [0.15, 0.2) is 0 Å². The van der Waals surface area contributed by atoms with E-state index in [1.807, 2.05) is 0 Å². The Hall–Kier alpha value is -1.72. The summed E-state index contributed by atoms with van der Waals surface area (Å²) in [7, 11) is -2.63. The quantitative estimate of drug-likeness (QED) is 0.0400. The lowest BCUT2D eigenvalue weighted by molar-refractivity contribution is -0.145. The van der Waals surface area contributed by atoms with Crippen LogP contribution in [0.4, 0.5) is 5.69 Å². The maximum Gasteiger partial charge on any atom is 0.558 e. The number of hydrogen-bond donors (Lipinski definition) is 1. The van der Waals surface area contributed by atoms with Crippen molar-refractivity contribution in [1.82, 2.24) is 5.09 Å². The maximum atomic E-state index is 13.7. The van der Waals surface area contributed by atoms with Crippen LogP contribution in [0.2, 0.25) is 5.02 Å². The zero-order valence-corrected chi connectivity index (χ0v) is 23.8. The zero-order valence-electron chi connectivity index (χ0n) is 20.0. The molecule has 0 aliphatic rings. The number of halogens is 2. The molecule has 0 amide bonds. The summed E-state index contributed by atoms with van der Waals surface area (Å²) in [5, 5.41) is 3.15. The molecule has 0 saturated carbocycles. The lowest BCUT2D eigenvalue weighted by Gasteiger charge is -2.23. The van der Waals surface area contributed by atoms with Crippen molar-refractivity contribution in [2.24, 2.45) is 0 Å². The predicted octanol–water partition coefficient (Wildman–Crippen LogP) is 6.94. The number of nitrogens with one attached hydrogen (secondary N) is 1. The number of carbonyl (C=O) groups is 1. The summed E-state index contributed by atoms with van der Waals surface area (Å²) in [6, 6.07) is 11.7. The van der Waals surface area contributed by atoms with Gasteiger partial charge in [0.2, 0.25) is 0 Å². The van der Waals surface area contributed by atoms with E-state index in [1.54, 1.807) is 48.5 Å². The first-order chi connectivity index (χ1) is 16.8. The topological polar surface area (TPSA) is 108 Å². The van der Waals surface area contributed by atoms with Gasteiger partial charge in [0.1, 0.15) is 17.5 Å². The van der Waals surface area contributed by atoms with Gasteiger partial charge < -0.3 is 13.8 Å². The van der Waals surface area contributed by atoms with E-state index in [-0.39, 0.29) is 11.5 Å². The molecule has 2 atom stereocenters. The van der Waals surface area contributed by atoms with Crippen molar-refractivity contribution in [3.05, 3.63) is 53.6 Å². The van der Waals surface area contributed by atoms with Crippen molar-refractivity contribution in [2.75, 3.05) is 17.0 Å². The zero-order chi connectivity index (χ0) is 25.7. The summed E-state index contributed by atoms with van der Waals surface area (Å²) in [4.78, 5) is 17.6. The fraction of sp³-hybridized carbons (Fsp3) is 0.435. The van der Waals surface area contributed by atoms with Crippen LogP contribution in [0.25, 0.3) is 0 Å². The van der Waals surface area contributed by atoms with E-state index >= 15 is 0 Å². The molecule has 35 heavy (non-hydrogen) atoms. The predicted molar refractivity (Wildman–Crippen MR) is 145 cm³/mol. The van der Waals surface area contributed by atoms with Crippen molar-refractivity contribution >= 4 is 52.5 Å². The second-order valence-electron chi connectivity index (χ2n) is 7.56. The summed E-state index contributed by atoms with van der Waals surface area (Å²) in [5.74, 6) is -0.0850. The molecule has 0 spiro atoms. The Labute approximate surface area is 221 Å². The van der Waals surface area contributed by atoms with Gasteiger partial charge in [0.05, 0.1) is 19.4 Å². The maximum absolute atomic E-state index is 13.7. The van der Waals surface area contributed by atoms with Crippen LogP contribution in [0.5, 0.6) is 11.5 Å². The highest BCUT2D eigenvalue weighted by Crippen LogP contribution is 2.46. The number of unbranched alkanes of at least 4 members (excludes halogenated alkanes) is 4. The van der Waals surface area contributed by atoms with E-state index in [4.69, 9.17) is 30.2 Å². The van der Waals surface area contributed by atoms with Gasteiger partial charge in [-0.25, -0.2) is 7.63 Å². The summed E-state index contributed by atoms with van der Waals surface area (Å²) in [6.45, 7) is 3.96. The number of esters is 1. The molecule has 2 aromatic rings. The lowest BCUT2D eigenvalue weighted by atomic mass is 10.2. The minimum Gasteiger partial charge on any atom is -0.465 e. The Morgan fingerprint density at radius 2 is 1.63 bits per heavy atom. The van der Waals surface area contributed by atoms with Crippen molar-refractivity contribution in [3.8, 4) is 11.5 Å². The number of rotatable bonds is 16. The first-order valence-corrected chi connectivity index (χ1v) is 15.1. The van der Waals surface area contributed by atoms with Crippen molar-refractivity contribution < 1.29 is 31.1 Å². The summed E-state index contributed by atoms with van der Waals surface area (Å²) < 4.78 is 41.1. The summed E-state index contributed by atoms with van der Waals surface area (Å²) >= 11 is 4.60. The molecule has 2 N–H and O–H groups in total. The fourth-order valence-electron chi connectivity index (χ4n) is 2.94. The molecule has 194 valence electrons. The second kappa shape index (κ2) is 15.4. The Morgan fingerprint density at radius 3 is 2.17 bits per heavy atom. The summed E-state index contributed by atoms with van der Waals surface area (Å²) in [5.41, 5.74) is 0.604. The number of benzene rings is 2. The molecule has 0 aliphatic heterocycles. The van der Waals surface area contributed by atoms with E-state index < -0.39 is 41.2 Å². The van der Waals surface area contributed by atoms with Crippen LogP contribution in [-0.4, -0.2) is 28.8 Å². The normalized spacial score (nSPS) is 13.5. The van der Waals surface area contributed by atoms with Crippen LogP contribution in [-0.2, 0) is 18.9 Å². The smallest absolute Gasteiger partial charge is 0.465 e. The molecule has 0 saturated heterocycles. The molecular formula is C23H32ClIN2O7P+. The number of anilines is 1. The highest BCUT2D eigenvalue weighted by atomic mass is 127. The van der Waals surface area contributed by atoms with Gasteiger partial charge in [-0.2, -0.15) is 5.09 Å². The minimum absolute atomic E-state index is 0.224. The second-order valence-corrected chi connectivity index (χ2v) is 10.9. The molecule has 0 heterocycles. The third-order valence-electron chi connectivity index (χ3n) is 4.73. The van der Waals surface area contributed by atoms with E-state index in [9.17, 15) is 12.4 Å². The van der Waals surface area contributed by atoms with Gasteiger partial charge in [0, 0.05) is 5.02 Å². The average molecular weight is 642 g/mol. The fourth-order valence-corrected chi connectivity index (χ4v) is 5.34. The van der Waals surface area contributed by atoms with Crippen LogP contribution < -0.4 is 17.4 Å². The Balaban J connectivity index is 2.10. The number of nitrogens with zero attached hydrogens (tertiary/aromatic N) is 1. The molecule has 0 aliphatic carbocycles. The molecule has 12 heteroatoms. The molecule has 9 nitrogen and oxygen atoms in total. The van der Waals surface area contributed by atoms with Crippen molar-refractivity contribution in [1.29, 1.82) is 0 Å². The van der Waals surface area contributed by atoms with E-state index in [2.05, 4.69) is 12.0 Å². The van der Waals surface area contributed by atoms with Crippen molar-refractivity contribution in [2.45, 2.75) is 52.0 Å². The van der Waals surface area contributed by atoms with Gasteiger partial charge >= 0.3 is 35.2 Å². The van der Waals surface area contributed by atoms with Gasteiger partial charge in [-0.1, -0.05) is 44.2 Å². The first kappa shape index (κ1) is 29.5. The van der Waals surface area contributed by atoms with Gasteiger partial charge in [-0.05, 0) is 61.9 Å². The van der Waals surface area contributed by atoms with Crippen LogP contribution in [0.15, 0.2) is 48.5 Å². The number of ether oxygens (including phenoxy) is 1. The van der Waals surface area contributed by atoms with Crippen molar-refractivity contribution in [3.63, 3.8) is 0 Å². The van der Waals surface area contributed by atoms with Crippen LogP contribution in [0.3, 0.4) is 0 Å². The SMILES string of the molecule is CCCCCCCOC(=O)[C@H](C)N[P@@](=O)(Oc1ccc(Cl)cc1)Oc1ccc(N(OC)I=[OH+])cc1. The molecule has 0 aromatic heterocycles. The third kappa shape index (κ3) is 10.4. The number of carbonyl (C=O) groups excluding carboxylic acids is 1. The molecule has 2 rings (SSSR count). The molecule has 0 radical (unpaired) electrons. The average Bonchev–Trinajstić information content (AvgIpc) is 2.84. The minimum atomic E-state index is -4.08. The molecule has 2 aromatic carbocycles. The Bertz CT molecular complexity index is 979. The van der Waals surface area contributed by atoms with Gasteiger partial charge in [-0.15, -0.1) is 3.28 Å². The monoisotopic (exact) mass is 641 g/mol. The number of hydrogen-bond acceptors (Lipinski definition) is 6. The largest absolute Gasteiger partial charge is 0.558 e. The highest BCUT2D eigenvalue weighted by Gasteiger charge is 2.34. The highest BCUT2D eigenvalue weighted by molar-refractivity contribution is 14.1. The van der Waals surface area contributed by atoms with E-state index in [0.29, 0.717) is 17.3 Å². The third-order valence-corrected chi connectivity index (χ3v) is 7.93. The van der Waals surface area contributed by atoms with E-state index in [1.165, 1.54) is 17.3 Å². The molecule has 0 unspecified atom stereocenters. The van der Waals surface area contributed by atoms with Crippen LogP contribution in [0, 0.1) is 0 Å². The standard InChI is InChI=1S/C23H31ClIN2O7P/c1-4-5-6-7-8-17-32-23(28)18(2)26-35(30,33-21-13-9-19(24)10-14-21)34-22-15-11-20(12-16-22)27(25-29)31-3/h9-16,18H,4-8,17H2,1-3H3,(H,26,30)/p+1/t18-,35+/m0/s1. The lowest BCUT2D eigenvalue weighted by Crippen LogP contribution is -2.36.